The zero-order valence-electron chi connectivity index (χ0n) is 12.8. The molecule has 0 fully saturated rings. The fourth-order valence-electron chi connectivity index (χ4n) is 2.53. The van der Waals surface area contributed by atoms with Gasteiger partial charge >= 0.3 is 0 Å². The monoisotopic (exact) mass is 303 g/mol. The van der Waals surface area contributed by atoms with E-state index in [-0.39, 0.29) is 5.92 Å². The van der Waals surface area contributed by atoms with Crippen LogP contribution in [-0.4, -0.2) is 13.7 Å². The first-order valence-electron chi connectivity index (χ1n) is 7.14. The molecule has 0 spiro atoms. The predicted molar refractivity (Wildman–Crippen MR) is 89.4 cm³/mol. The average Bonchev–Trinajstić information content (AvgIpc) is 2.49. The van der Waals surface area contributed by atoms with E-state index >= 15 is 0 Å². The van der Waals surface area contributed by atoms with Gasteiger partial charge in [-0.05, 0) is 67.3 Å². The summed E-state index contributed by atoms with van der Waals surface area (Å²) in [7, 11) is 1.71. The maximum absolute atomic E-state index is 6.01. The molecule has 2 N–H and O–H groups in total. The van der Waals surface area contributed by atoms with Crippen molar-refractivity contribution in [3.63, 3.8) is 0 Å². The van der Waals surface area contributed by atoms with E-state index in [0.29, 0.717) is 6.54 Å². The Morgan fingerprint density at radius 1 is 1.10 bits per heavy atom. The molecule has 3 heteroatoms. The second-order valence-corrected chi connectivity index (χ2v) is 5.88. The van der Waals surface area contributed by atoms with Crippen molar-refractivity contribution in [2.75, 3.05) is 13.7 Å². The van der Waals surface area contributed by atoms with E-state index in [2.05, 4.69) is 38.1 Å². The SMILES string of the molecule is COc1cc(C)c(C)cc1C(CN)Cc1ccc(Cl)cc1. The summed E-state index contributed by atoms with van der Waals surface area (Å²) < 4.78 is 5.54. The maximum Gasteiger partial charge on any atom is 0.122 e. The Balaban J connectivity index is 2.32. The van der Waals surface area contributed by atoms with Crippen LogP contribution in [0, 0.1) is 13.8 Å². The van der Waals surface area contributed by atoms with Gasteiger partial charge in [0.2, 0.25) is 0 Å². The molecular formula is C18H22ClNO. The van der Waals surface area contributed by atoms with Crippen molar-refractivity contribution in [3.05, 3.63) is 63.7 Å². The number of aryl methyl sites for hydroxylation is 2. The molecule has 1 unspecified atom stereocenters. The van der Waals surface area contributed by atoms with Gasteiger partial charge in [-0.3, -0.25) is 0 Å². The molecule has 21 heavy (non-hydrogen) atoms. The Kier molecular flexibility index (Phi) is 5.27. The molecule has 1 atom stereocenters. The van der Waals surface area contributed by atoms with Crippen LogP contribution >= 0.6 is 11.6 Å². The molecule has 0 heterocycles. The Bertz CT molecular complexity index is 607. The Hall–Kier alpha value is -1.51. The van der Waals surface area contributed by atoms with Crippen LogP contribution in [0.4, 0.5) is 0 Å². The van der Waals surface area contributed by atoms with Gasteiger partial charge in [-0.15, -0.1) is 0 Å². The maximum atomic E-state index is 6.01. The normalized spacial score (nSPS) is 12.2. The highest BCUT2D eigenvalue weighted by Crippen LogP contribution is 2.31. The van der Waals surface area contributed by atoms with Crippen LogP contribution in [0.3, 0.4) is 0 Å². The van der Waals surface area contributed by atoms with E-state index in [1.807, 2.05) is 12.1 Å². The zero-order chi connectivity index (χ0) is 15.4. The molecule has 2 nitrogen and oxygen atoms in total. The number of benzene rings is 2. The Labute approximate surface area is 131 Å². The van der Waals surface area contributed by atoms with Crippen LogP contribution in [0.5, 0.6) is 5.75 Å². The standard InChI is InChI=1S/C18H22ClNO/c1-12-8-17(18(21-3)9-13(12)2)15(11-20)10-14-4-6-16(19)7-5-14/h4-9,15H,10-11,20H2,1-3H3. The fourth-order valence-corrected chi connectivity index (χ4v) is 2.66. The number of hydrogen-bond acceptors (Lipinski definition) is 2. The molecule has 0 saturated carbocycles. The molecule has 0 aliphatic carbocycles. The third-order valence-electron chi connectivity index (χ3n) is 3.97. The second-order valence-electron chi connectivity index (χ2n) is 5.44. The van der Waals surface area contributed by atoms with Crippen molar-refractivity contribution in [2.24, 2.45) is 5.73 Å². The minimum atomic E-state index is 0.237. The van der Waals surface area contributed by atoms with Gasteiger partial charge in [0.05, 0.1) is 7.11 Å². The summed E-state index contributed by atoms with van der Waals surface area (Å²) in [4.78, 5) is 0. The number of methoxy groups -OCH3 is 1. The molecular weight excluding hydrogens is 282 g/mol. The van der Waals surface area contributed by atoms with Crippen LogP contribution in [0.2, 0.25) is 5.02 Å². The van der Waals surface area contributed by atoms with E-state index in [1.54, 1.807) is 7.11 Å². The van der Waals surface area contributed by atoms with Crippen molar-refractivity contribution < 1.29 is 4.74 Å². The third-order valence-corrected chi connectivity index (χ3v) is 4.22. The van der Waals surface area contributed by atoms with Gasteiger partial charge in [0, 0.05) is 10.9 Å². The molecule has 0 bridgehead atoms. The molecule has 0 radical (unpaired) electrons. The third kappa shape index (κ3) is 3.78. The lowest BCUT2D eigenvalue weighted by molar-refractivity contribution is 0.404. The molecule has 112 valence electrons. The minimum Gasteiger partial charge on any atom is -0.496 e. The van der Waals surface area contributed by atoms with Gasteiger partial charge < -0.3 is 10.5 Å². The van der Waals surface area contributed by atoms with E-state index in [0.717, 1.165) is 17.2 Å². The fraction of sp³-hybridized carbons (Fsp3) is 0.333. The summed E-state index contributed by atoms with van der Waals surface area (Å²) >= 11 is 5.94. The number of nitrogens with two attached hydrogens (primary N) is 1. The lowest BCUT2D eigenvalue weighted by atomic mass is 9.89. The number of hydrogen-bond donors (Lipinski definition) is 1. The highest BCUT2D eigenvalue weighted by atomic mass is 35.5. The Morgan fingerprint density at radius 2 is 1.71 bits per heavy atom. The lowest BCUT2D eigenvalue weighted by Gasteiger charge is -2.20. The zero-order valence-corrected chi connectivity index (χ0v) is 13.6. The van der Waals surface area contributed by atoms with Crippen LogP contribution in [0.1, 0.15) is 28.2 Å². The van der Waals surface area contributed by atoms with Crippen molar-refractivity contribution >= 4 is 11.6 Å². The van der Waals surface area contributed by atoms with Gasteiger partial charge in [-0.2, -0.15) is 0 Å². The highest BCUT2D eigenvalue weighted by molar-refractivity contribution is 6.30. The van der Waals surface area contributed by atoms with Crippen molar-refractivity contribution in [2.45, 2.75) is 26.2 Å². The van der Waals surface area contributed by atoms with Gasteiger partial charge in [-0.25, -0.2) is 0 Å². The van der Waals surface area contributed by atoms with E-state index in [1.165, 1.54) is 22.3 Å². The van der Waals surface area contributed by atoms with Crippen LogP contribution < -0.4 is 10.5 Å². The summed E-state index contributed by atoms with van der Waals surface area (Å²) in [5, 5.41) is 0.756. The van der Waals surface area contributed by atoms with Crippen LogP contribution in [0.25, 0.3) is 0 Å². The topological polar surface area (TPSA) is 35.2 Å². The molecule has 0 aromatic heterocycles. The summed E-state index contributed by atoms with van der Waals surface area (Å²) in [5.74, 6) is 1.16. The van der Waals surface area contributed by atoms with E-state index in [4.69, 9.17) is 22.1 Å². The molecule has 0 aliphatic rings. The number of rotatable bonds is 5. The first kappa shape index (κ1) is 15.9. The molecule has 0 saturated heterocycles. The molecule has 0 aliphatic heterocycles. The smallest absolute Gasteiger partial charge is 0.122 e. The first-order valence-corrected chi connectivity index (χ1v) is 7.52. The van der Waals surface area contributed by atoms with E-state index < -0.39 is 0 Å². The van der Waals surface area contributed by atoms with Gasteiger partial charge in [0.25, 0.3) is 0 Å². The molecule has 2 aromatic carbocycles. The predicted octanol–water partition coefficient (Wildman–Crippen LogP) is 4.25. The average molecular weight is 304 g/mol. The van der Waals surface area contributed by atoms with Crippen molar-refractivity contribution in [1.29, 1.82) is 0 Å². The van der Waals surface area contributed by atoms with Crippen LogP contribution in [-0.2, 0) is 6.42 Å². The number of ether oxygens (including phenoxy) is 1. The van der Waals surface area contributed by atoms with Gasteiger partial charge in [0.1, 0.15) is 5.75 Å². The summed E-state index contributed by atoms with van der Waals surface area (Å²) in [6.45, 7) is 4.80. The quantitative estimate of drug-likeness (QED) is 0.896. The lowest BCUT2D eigenvalue weighted by Crippen LogP contribution is -2.16. The summed E-state index contributed by atoms with van der Waals surface area (Å²) in [6.07, 6.45) is 0.881. The minimum absolute atomic E-state index is 0.237. The van der Waals surface area contributed by atoms with Crippen LogP contribution in [0.15, 0.2) is 36.4 Å². The summed E-state index contributed by atoms with van der Waals surface area (Å²) in [6, 6.07) is 12.2. The van der Waals surface area contributed by atoms with E-state index in [9.17, 15) is 0 Å². The van der Waals surface area contributed by atoms with Gasteiger partial charge in [0.15, 0.2) is 0 Å². The molecule has 0 amide bonds. The molecule has 2 aromatic rings. The summed E-state index contributed by atoms with van der Waals surface area (Å²) in [5.41, 5.74) is 10.9. The molecule has 2 rings (SSSR count). The largest absolute Gasteiger partial charge is 0.496 e. The second kappa shape index (κ2) is 6.97. The Morgan fingerprint density at radius 3 is 2.29 bits per heavy atom. The highest BCUT2D eigenvalue weighted by Gasteiger charge is 2.16. The van der Waals surface area contributed by atoms with Crippen molar-refractivity contribution in [3.8, 4) is 5.75 Å². The van der Waals surface area contributed by atoms with Gasteiger partial charge in [-0.1, -0.05) is 29.8 Å². The first-order chi connectivity index (χ1) is 10.0. The number of halogens is 1. The van der Waals surface area contributed by atoms with Crippen molar-refractivity contribution in [1.82, 2.24) is 0 Å².